The van der Waals surface area contributed by atoms with Crippen LogP contribution in [0, 0.1) is 6.92 Å². The quantitative estimate of drug-likeness (QED) is 0.846. The number of carbonyl (C=O) groups excluding carboxylic acids is 1. The van der Waals surface area contributed by atoms with E-state index in [4.69, 9.17) is 9.47 Å². The molecule has 0 aliphatic heterocycles. The van der Waals surface area contributed by atoms with E-state index in [-0.39, 0.29) is 12.5 Å². The summed E-state index contributed by atoms with van der Waals surface area (Å²) in [5, 5.41) is 2.81. The molecular weight excluding hydrogens is 278 g/mol. The minimum Gasteiger partial charge on any atom is -0.490 e. The van der Waals surface area contributed by atoms with Crippen molar-refractivity contribution in [3.05, 3.63) is 54.1 Å². The summed E-state index contributed by atoms with van der Waals surface area (Å²) in [4.78, 5) is 11.9. The summed E-state index contributed by atoms with van der Waals surface area (Å²) in [6, 6.07) is 15.0. The predicted octanol–water partition coefficient (Wildman–Crippen LogP) is 3.80. The van der Waals surface area contributed by atoms with E-state index in [1.807, 2.05) is 56.3 Å². The number of hydrogen-bond acceptors (Lipinski definition) is 3. The molecule has 4 heteroatoms. The molecule has 0 aliphatic carbocycles. The number of benzene rings is 2. The number of aryl methyl sites for hydroxylation is 1. The zero-order valence-corrected chi connectivity index (χ0v) is 13.0. The Morgan fingerprint density at radius 3 is 2.45 bits per heavy atom. The number of amides is 1. The van der Waals surface area contributed by atoms with Crippen LogP contribution in [0.3, 0.4) is 0 Å². The summed E-state index contributed by atoms with van der Waals surface area (Å²) in [5.41, 5.74) is 1.86. The van der Waals surface area contributed by atoms with Gasteiger partial charge in [0.05, 0.1) is 6.61 Å². The number of anilines is 1. The Labute approximate surface area is 131 Å². The van der Waals surface area contributed by atoms with Crippen LogP contribution >= 0.6 is 0 Å². The maximum atomic E-state index is 11.9. The molecule has 0 bridgehead atoms. The molecule has 0 radical (unpaired) electrons. The molecule has 0 aliphatic rings. The van der Waals surface area contributed by atoms with Gasteiger partial charge >= 0.3 is 0 Å². The van der Waals surface area contributed by atoms with Crippen molar-refractivity contribution in [2.24, 2.45) is 0 Å². The number of hydrogen-bond donors (Lipinski definition) is 1. The van der Waals surface area contributed by atoms with Gasteiger partial charge in [0.15, 0.2) is 18.1 Å². The van der Waals surface area contributed by atoms with Crippen LogP contribution in [0.2, 0.25) is 0 Å². The molecule has 2 aromatic carbocycles. The normalized spacial score (nSPS) is 10.1. The Kier molecular flexibility index (Phi) is 5.83. The molecule has 0 fully saturated rings. The van der Waals surface area contributed by atoms with Crippen molar-refractivity contribution in [1.82, 2.24) is 0 Å². The van der Waals surface area contributed by atoms with Crippen molar-refractivity contribution in [2.75, 3.05) is 18.5 Å². The lowest BCUT2D eigenvalue weighted by molar-refractivity contribution is -0.118. The summed E-state index contributed by atoms with van der Waals surface area (Å²) in [6.45, 7) is 4.59. The van der Waals surface area contributed by atoms with Crippen LogP contribution in [0.5, 0.6) is 11.5 Å². The van der Waals surface area contributed by atoms with E-state index in [0.29, 0.717) is 18.1 Å². The highest BCUT2D eigenvalue weighted by atomic mass is 16.5. The van der Waals surface area contributed by atoms with Gasteiger partial charge in [0.2, 0.25) is 0 Å². The molecule has 1 amide bonds. The maximum Gasteiger partial charge on any atom is 0.262 e. The SMILES string of the molecule is CCCOc1ccccc1OCC(=O)Nc1cccc(C)c1. The number of nitrogens with one attached hydrogen (secondary N) is 1. The van der Waals surface area contributed by atoms with Crippen molar-refractivity contribution in [3.63, 3.8) is 0 Å². The first-order chi connectivity index (χ1) is 10.7. The molecule has 1 N–H and O–H groups in total. The highest BCUT2D eigenvalue weighted by Crippen LogP contribution is 2.26. The molecule has 4 nitrogen and oxygen atoms in total. The average Bonchev–Trinajstić information content (AvgIpc) is 2.51. The van der Waals surface area contributed by atoms with Crippen molar-refractivity contribution in [3.8, 4) is 11.5 Å². The van der Waals surface area contributed by atoms with Crippen molar-refractivity contribution < 1.29 is 14.3 Å². The van der Waals surface area contributed by atoms with E-state index in [1.165, 1.54) is 0 Å². The summed E-state index contributed by atoms with van der Waals surface area (Å²) < 4.78 is 11.2. The van der Waals surface area contributed by atoms with Gasteiger partial charge in [0, 0.05) is 5.69 Å². The Balaban J connectivity index is 1.91. The van der Waals surface area contributed by atoms with Gasteiger partial charge < -0.3 is 14.8 Å². The topological polar surface area (TPSA) is 47.6 Å². The zero-order valence-electron chi connectivity index (χ0n) is 13.0. The highest BCUT2D eigenvalue weighted by Gasteiger charge is 2.08. The van der Waals surface area contributed by atoms with E-state index >= 15 is 0 Å². The summed E-state index contributed by atoms with van der Waals surface area (Å²) >= 11 is 0. The molecule has 0 atom stereocenters. The maximum absolute atomic E-state index is 11.9. The minimum atomic E-state index is -0.198. The molecule has 116 valence electrons. The fourth-order valence-corrected chi connectivity index (χ4v) is 1.96. The van der Waals surface area contributed by atoms with E-state index in [1.54, 1.807) is 6.07 Å². The van der Waals surface area contributed by atoms with E-state index < -0.39 is 0 Å². The first-order valence-electron chi connectivity index (χ1n) is 7.40. The molecule has 0 aromatic heterocycles. The van der Waals surface area contributed by atoms with Gasteiger partial charge in [-0.05, 0) is 43.2 Å². The second kappa shape index (κ2) is 8.08. The van der Waals surface area contributed by atoms with Gasteiger partial charge in [-0.3, -0.25) is 4.79 Å². The molecular formula is C18H21NO3. The van der Waals surface area contributed by atoms with Crippen LogP contribution < -0.4 is 14.8 Å². The van der Waals surface area contributed by atoms with E-state index in [9.17, 15) is 4.79 Å². The molecule has 0 saturated carbocycles. The largest absolute Gasteiger partial charge is 0.490 e. The monoisotopic (exact) mass is 299 g/mol. The van der Waals surface area contributed by atoms with Gasteiger partial charge in [0.1, 0.15) is 0 Å². The Morgan fingerprint density at radius 2 is 1.77 bits per heavy atom. The highest BCUT2D eigenvalue weighted by molar-refractivity contribution is 5.91. The summed E-state index contributed by atoms with van der Waals surface area (Å²) in [5.74, 6) is 1.04. The lowest BCUT2D eigenvalue weighted by Gasteiger charge is -2.12. The lowest BCUT2D eigenvalue weighted by Crippen LogP contribution is -2.20. The van der Waals surface area contributed by atoms with Crippen LogP contribution in [0.25, 0.3) is 0 Å². The van der Waals surface area contributed by atoms with E-state index in [0.717, 1.165) is 17.7 Å². The smallest absolute Gasteiger partial charge is 0.262 e. The van der Waals surface area contributed by atoms with Crippen molar-refractivity contribution >= 4 is 11.6 Å². The number of ether oxygens (including phenoxy) is 2. The molecule has 0 saturated heterocycles. The third-order valence-electron chi connectivity index (χ3n) is 2.97. The standard InChI is InChI=1S/C18H21NO3/c1-3-11-21-16-9-4-5-10-17(16)22-13-18(20)19-15-8-6-7-14(2)12-15/h4-10,12H,3,11,13H2,1-2H3,(H,19,20). The zero-order chi connectivity index (χ0) is 15.8. The predicted molar refractivity (Wildman–Crippen MR) is 87.5 cm³/mol. The van der Waals surface area contributed by atoms with Crippen LogP contribution in [-0.4, -0.2) is 19.1 Å². The molecule has 2 rings (SSSR count). The molecule has 0 spiro atoms. The summed E-state index contributed by atoms with van der Waals surface area (Å²) in [6.07, 6.45) is 0.919. The van der Waals surface area contributed by atoms with Crippen LogP contribution in [0.4, 0.5) is 5.69 Å². The molecule has 2 aromatic rings. The van der Waals surface area contributed by atoms with Crippen LogP contribution in [0.15, 0.2) is 48.5 Å². The van der Waals surface area contributed by atoms with Crippen LogP contribution in [-0.2, 0) is 4.79 Å². The van der Waals surface area contributed by atoms with Crippen molar-refractivity contribution in [1.29, 1.82) is 0 Å². The first kappa shape index (κ1) is 15.9. The van der Waals surface area contributed by atoms with Gasteiger partial charge in [-0.25, -0.2) is 0 Å². The van der Waals surface area contributed by atoms with Gasteiger partial charge in [-0.15, -0.1) is 0 Å². The number of rotatable bonds is 7. The molecule has 0 unspecified atom stereocenters. The average molecular weight is 299 g/mol. The van der Waals surface area contributed by atoms with Crippen LogP contribution in [0.1, 0.15) is 18.9 Å². The second-order valence-electron chi connectivity index (χ2n) is 5.00. The second-order valence-corrected chi connectivity index (χ2v) is 5.00. The molecule has 22 heavy (non-hydrogen) atoms. The fraction of sp³-hybridized carbons (Fsp3) is 0.278. The van der Waals surface area contributed by atoms with Gasteiger partial charge in [-0.2, -0.15) is 0 Å². The van der Waals surface area contributed by atoms with E-state index in [2.05, 4.69) is 5.32 Å². The Hall–Kier alpha value is -2.49. The fourth-order valence-electron chi connectivity index (χ4n) is 1.96. The summed E-state index contributed by atoms with van der Waals surface area (Å²) in [7, 11) is 0. The minimum absolute atomic E-state index is 0.0551. The Morgan fingerprint density at radius 1 is 1.05 bits per heavy atom. The first-order valence-corrected chi connectivity index (χ1v) is 7.40. The number of carbonyl (C=O) groups is 1. The number of para-hydroxylation sites is 2. The Bertz CT molecular complexity index is 625. The van der Waals surface area contributed by atoms with Gasteiger partial charge in [-0.1, -0.05) is 31.2 Å². The van der Waals surface area contributed by atoms with Crippen molar-refractivity contribution in [2.45, 2.75) is 20.3 Å². The van der Waals surface area contributed by atoms with Gasteiger partial charge in [0.25, 0.3) is 5.91 Å². The third-order valence-corrected chi connectivity index (χ3v) is 2.97. The molecule has 0 heterocycles. The lowest BCUT2D eigenvalue weighted by atomic mass is 10.2. The third kappa shape index (κ3) is 4.81.